The van der Waals surface area contributed by atoms with E-state index in [1.54, 1.807) is 7.11 Å². The molecule has 0 aromatic heterocycles. The van der Waals surface area contributed by atoms with Crippen molar-refractivity contribution in [3.8, 4) is 0 Å². The first-order valence-corrected chi connectivity index (χ1v) is 5.52. The van der Waals surface area contributed by atoms with Gasteiger partial charge in [0.25, 0.3) is 0 Å². The quantitative estimate of drug-likeness (QED) is 0.909. The standard InChI is InChI=1S/C10H13BrClNO/c1-7(14-2)6-13-10-5-8(11)3-4-9(10)12/h3-5,7,13H,6H2,1-2H3. The van der Waals surface area contributed by atoms with Crippen molar-refractivity contribution >= 4 is 33.2 Å². The molecule has 0 spiro atoms. The van der Waals surface area contributed by atoms with Crippen molar-refractivity contribution < 1.29 is 4.74 Å². The van der Waals surface area contributed by atoms with Gasteiger partial charge in [0.15, 0.2) is 0 Å². The first kappa shape index (κ1) is 11.8. The zero-order chi connectivity index (χ0) is 10.6. The number of benzene rings is 1. The molecule has 1 N–H and O–H groups in total. The van der Waals surface area contributed by atoms with Crippen molar-refractivity contribution in [3.63, 3.8) is 0 Å². The fourth-order valence-corrected chi connectivity index (χ4v) is 1.52. The number of ether oxygens (including phenoxy) is 1. The van der Waals surface area contributed by atoms with Gasteiger partial charge in [0, 0.05) is 18.1 Å². The van der Waals surface area contributed by atoms with Crippen molar-refractivity contribution in [2.75, 3.05) is 19.0 Å². The van der Waals surface area contributed by atoms with Crippen LogP contribution in [-0.4, -0.2) is 19.8 Å². The number of rotatable bonds is 4. The molecular formula is C10H13BrClNO. The molecule has 0 amide bonds. The zero-order valence-electron chi connectivity index (χ0n) is 8.18. The van der Waals surface area contributed by atoms with E-state index < -0.39 is 0 Å². The van der Waals surface area contributed by atoms with Crippen molar-refractivity contribution in [2.24, 2.45) is 0 Å². The number of hydrogen-bond donors (Lipinski definition) is 1. The third-order valence-electron chi connectivity index (χ3n) is 1.91. The fraction of sp³-hybridized carbons (Fsp3) is 0.400. The highest BCUT2D eigenvalue weighted by atomic mass is 79.9. The van der Waals surface area contributed by atoms with Crippen LogP contribution in [0.25, 0.3) is 0 Å². The van der Waals surface area contributed by atoms with Crippen LogP contribution < -0.4 is 5.32 Å². The van der Waals surface area contributed by atoms with Gasteiger partial charge in [-0.1, -0.05) is 27.5 Å². The highest BCUT2D eigenvalue weighted by Gasteiger charge is 2.03. The van der Waals surface area contributed by atoms with Crippen LogP contribution in [0.15, 0.2) is 22.7 Å². The van der Waals surface area contributed by atoms with Gasteiger partial charge in [-0.3, -0.25) is 0 Å². The number of methoxy groups -OCH3 is 1. The Bertz CT molecular complexity index is 306. The molecule has 2 nitrogen and oxygen atoms in total. The number of anilines is 1. The van der Waals surface area contributed by atoms with Crippen LogP contribution in [-0.2, 0) is 4.74 Å². The highest BCUT2D eigenvalue weighted by Crippen LogP contribution is 2.25. The average Bonchev–Trinajstić information content (AvgIpc) is 2.19. The van der Waals surface area contributed by atoms with E-state index in [0.29, 0.717) is 0 Å². The molecule has 0 heterocycles. The van der Waals surface area contributed by atoms with Crippen LogP contribution in [0.4, 0.5) is 5.69 Å². The van der Waals surface area contributed by atoms with Gasteiger partial charge in [0.2, 0.25) is 0 Å². The second-order valence-corrected chi connectivity index (χ2v) is 4.37. The lowest BCUT2D eigenvalue weighted by atomic mass is 10.3. The molecule has 1 atom stereocenters. The van der Waals surface area contributed by atoms with Gasteiger partial charge < -0.3 is 10.1 Å². The Hall–Kier alpha value is -0.250. The van der Waals surface area contributed by atoms with Gasteiger partial charge >= 0.3 is 0 Å². The summed E-state index contributed by atoms with van der Waals surface area (Å²) in [6, 6.07) is 5.71. The summed E-state index contributed by atoms with van der Waals surface area (Å²) in [6.07, 6.45) is 0.171. The van der Waals surface area contributed by atoms with Gasteiger partial charge in [-0.15, -0.1) is 0 Å². The molecule has 0 aliphatic carbocycles. The van der Waals surface area contributed by atoms with Crippen LogP contribution in [0.3, 0.4) is 0 Å². The summed E-state index contributed by atoms with van der Waals surface area (Å²) in [5, 5.41) is 3.94. The van der Waals surface area contributed by atoms with Crippen molar-refractivity contribution in [2.45, 2.75) is 13.0 Å². The molecule has 0 aliphatic heterocycles. The van der Waals surface area contributed by atoms with Gasteiger partial charge in [-0.25, -0.2) is 0 Å². The maximum atomic E-state index is 6.00. The van der Waals surface area contributed by atoms with Gasteiger partial charge in [-0.05, 0) is 25.1 Å². The Labute approximate surface area is 97.7 Å². The molecule has 0 bridgehead atoms. The molecular weight excluding hydrogens is 265 g/mol. The molecule has 4 heteroatoms. The van der Waals surface area contributed by atoms with Crippen LogP contribution in [0.5, 0.6) is 0 Å². The Morgan fingerprint density at radius 2 is 2.29 bits per heavy atom. The van der Waals surface area contributed by atoms with E-state index in [2.05, 4.69) is 21.2 Å². The molecule has 1 aromatic carbocycles. The topological polar surface area (TPSA) is 21.3 Å². The van der Waals surface area contributed by atoms with Crippen LogP contribution in [0.2, 0.25) is 5.02 Å². The van der Waals surface area contributed by atoms with Crippen molar-refractivity contribution in [1.29, 1.82) is 0 Å². The Morgan fingerprint density at radius 3 is 2.93 bits per heavy atom. The predicted octanol–water partition coefficient (Wildman–Crippen LogP) is 3.55. The monoisotopic (exact) mass is 277 g/mol. The smallest absolute Gasteiger partial charge is 0.0715 e. The Morgan fingerprint density at radius 1 is 1.57 bits per heavy atom. The number of halogens is 2. The van der Waals surface area contributed by atoms with E-state index in [9.17, 15) is 0 Å². The van der Waals surface area contributed by atoms with E-state index in [1.165, 1.54) is 0 Å². The van der Waals surface area contributed by atoms with E-state index in [1.807, 2.05) is 25.1 Å². The van der Waals surface area contributed by atoms with Gasteiger partial charge in [0.1, 0.15) is 0 Å². The lowest BCUT2D eigenvalue weighted by Gasteiger charge is -2.13. The predicted molar refractivity (Wildman–Crippen MR) is 64.1 cm³/mol. The number of hydrogen-bond acceptors (Lipinski definition) is 2. The molecule has 0 saturated carbocycles. The van der Waals surface area contributed by atoms with E-state index in [-0.39, 0.29) is 6.10 Å². The van der Waals surface area contributed by atoms with Gasteiger partial charge in [-0.2, -0.15) is 0 Å². The third-order valence-corrected chi connectivity index (χ3v) is 2.73. The summed E-state index contributed by atoms with van der Waals surface area (Å²) >= 11 is 9.39. The highest BCUT2D eigenvalue weighted by molar-refractivity contribution is 9.10. The Balaban J connectivity index is 2.62. The second kappa shape index (κ2) is 5.59. The lowest BCUT2D eigenvalue weighted by molar-refractivity contribution is 0.129. The number of nitrogens with one attached hydrogen (secondary N) is 1. The maximum Gasteiger partial charge on any atom is 0.0715 e. The van der Waals surface area contributed by atoms with Crippen LogP contribution in [0, 0.1) is 0 Å². The first-order valence-electron chi connectivity index (χ1n) is 4.35. The van der Waals surface area contributed by atoms with Crippen LogP contribution in [0.1, 0.15) is 6.92 Å². The third kappa shape index (κ3) is 3.48. The molecule has 0 saturated heterocycles. The van der Waals surface area contributed by atoms with Crippen molar-refractivity contribution in [3.05, 3.63) is 27.7 Å². The molecule has 14 heavy (non-hydrogen) atoms. The molecule has 1 rings (SSSR count). The summed E-state index contributed by atoms with van der Waals surface area (Å²) < 4.78 is 6.13. The minimum Gasteiger partial charge on any atom is -0.381 e. The molecule has 0 fully saturated rings. The largest absolute Gasteiger partial charge is 0.381 e. The minimum absolute atomic E-state index is 0.171. The normalized spacial score (nSPS) is 12.6. The molecule has 0 aliphatic rings. The zero-order valence-corrected chi connectivity index (χ0v) is 10.5. The average molecular weight is 279 g/mol. The molecule has 78 valence electrons. The molecule has 1 unspecified atom stereocenters. The minimum atomic E-state index is 0.171. The summed E-state index contributed by atoms with van der Waals surface area (Å²) in [4.78, 5) is 0. The lowest BCUT2D eigenvalue weighted by Crippen LogP contribution is -2.18. The second-order valence-electron chi connectivity index (χ2n) is 3.05. The van der Waals surface area contributed by atoms with E-state index in [0.717, 1.165) is 21.7 Å². The fourth-order valence-electron chi connectivity index (χ4n) is 0.970. The maximum absolute atomic E-state index is 6.00. The van der Waals surface area contributed by atoms with Crippen LogP contribution >= 0.6 is 27.5 Å². The summed E-state index contributed by atoms with van der Waals surface area (Å²) in [6.45, 7) is 2.74. The SMILES string of the molecule is COC(C)CNc1cc(Br)ccc1Cl. The summed E-state index contributed by atoms with van der Waals surface area (Å²) in [5.74, 6) is 0. The summed E-state index contributed by atoms with van der Waals surface area (Å²) in [7, 11) is 1.69. The molecule has 1 aromatic rings. The summed E-state index contributed by atoms with van der Waals surface area (Å²) in [5.41, 5.74) is 0.921. The Kier molecular flexibility index (Phi) is 4.72. The van der Waals surface area contributed by atoms with E-state index in [4.69, 9.17) is 16.3 Å². The molecule has 0 radical (unpaired) electrons. The van der Waals surface area contributed by atoms with E-state index >= 15 is 0 Å². The van der Waals surface area contributed by atoms with Crippen molar-refractivity contribution in [1.82, 2.24) is 0 Å². The van der Waals surface area contributed by atoms with Gasteiger partial charge in [0.05, 0.1) is 16.8 Å². The first-order chi connectivity index (χ1) is 6.63.